The number of hydrogen-bond acceptors (Lipinski definition) is 4. The number of nitrogens with zero attached hydrogens (tertiary/aromatic N) is 1. The lowest BCUT2D eigenvalue weighted by Crippen LogP contribution is -2.15. The van der Waals surface area contributed by atoms with Gasteiger partial charge in [-0.05, 0) is 30.3 Å². The van der Waals surface area contributed by atoms with E-state index in [0.717, 1.165) is 0 Å². The zero-order chi connectivity index (χ0) is 18.6. The summed E-state index contributed by atoms with van der Waals surface area (Å²) in [5, 5.41) is 4.73. The number of rotatable bonds is 4. The Morgan fingerprint density at radius 2 is 1.92 bits per heavy atom. The number of alkyl halides is 3. The molecule has 132 valence electrons. The molecule has 25 heavy (non-hydrogen) atoms. The lowest BCUT2D eigenvalue weighted by molar-refractivity contribution is -0.114. The molecule has 0 bridgehead atoms. The van der Waals surface area contributed by atoms with Gasteiger partial charge in [0.2, 0.25) is 5.91 Å². The van der Waals surface area contributed by atoms with Gasteiger partial charge in [-0.25, -0.2) is 4.98 Å². The minimum atomic E-state index is -4.57. The average Bonchev–Trinajstić information content (AvgIpc) is 2.49. The Morgan fingerprint density at radius 1 is 1.20 bits per heavy atom. The Balaban J connectivity index is 2.25. The van der Waals surface area contributed by atoms with E-state index in [-0.39, 0.29) is 27.9 Å². The van der Waals surface area contributed by atoms with E-state index in [1.807, 2.05) is 0 Å². The Labute approximate surface area is 150 Å². The number of carbonyl (C=O) groups excluding carboxylic acids is 2. The summed E-state index contributed by atoms with van der Waals surface area (Å²) in [7, 11) is 0. The average molecular weight is 390 g/mol. The number of pyridine rings is 1. The van der Waals surface area contributed by atoms with Crippen LogP contribution in [-0.4, -0.2) is 22.3 Å². The number of halogens is 4. The van der Waals surface area contributed by atoms with Crippen LogP contribution >= 0.6 is 23.4 Å². The third-order valence-electron chi connectivity index (χ3n) is 2.76. The number of anilines is 2. The molecule has 5 nitrogen and oxygen atoms in total. The highest BCUT2D eigenvalue weighted by atomic mass is 35.5. The summed E-state index contributed by atoms with van der Waals surface area (Å²) in [6, 6.07) is 6.89. The lowest BCUT2D eigenvalue weighted by atomic mass is 10.2. The number of hydrogen-bond donors (Lipinski definition) is 2. The van der Waals surface area contributed by atoms with E-state index in [1.165, 1.54) is 43.5 Å². The summed E-state index contributed by atoms with van der Waals surface area (Å²) in [5.41, 5.74) is -4.27. The molecule has 1 heterocycles. The van der Waals surface area contributed by atoms with Crippen LogP contribution < -0.4 is 10.6 Å². The second-order valence-corrected chi connectivity index (χ2v) is 6.19. The topological polar surface area (TPSA) is 71.1 Å². The van der Waals surface area contributed by atoms with Crippen molar-refractivity contribution in [2.24, 2.45) is 0 Å². The van der Waals surface area contributed by atoms with Gasteiger partial charge in [-0.3, -0.25) is 9.59 Å². The van der Waals surface area contributed by atoms with E-state index in [4.69, 9.17) is 11.6 Å². The predicted molar refractivity (Wildman–Crippen MR) is 89.9 cm³/mol. The summed E-state index contributed by atoms with van der Waals surface area (Å²) >= 11 is 5.46. The molecule has 0 saturated heterocycles. The van der Waals surface area contributed by atoms with Crippen molar-refractivity contribution < 1.29 is 22.8 Å². The van der Waals surface area contributed by atoms with Crippen molar-refractivity contribution in [1.82, 2.24) is 4.98 Å². The minimum Gasteiger partial charge on any atom is -0.325 e. The molecular formula is C15H11ClF3N3O2S. The van der Waals surface area contributed by atoms with Gasteiger partial charge in [-0.1, -0.05) is 11.6 Å². The van der Waals surface area contributed by atoms with Crippen LogP contribution in [0.4, 0.5) is 24.5 Å². The van der Waals surface area contributed by atoms with Gasteiger partial charge in [-0.15, -0.1) is 0 Å². The third kappa shape index (κ3) is 5.64. The van der Waals surface area contributed by atoms with Gasteiger partial charge in [0.1, 0.15) is 5.03 Å². The molecular weight excluding hydrogens is 379 g/mol. The molecule has 1 aromatic carbocycles. The molecule has 0 atom stereocenters. The van der Waals surface area contributed by atoms with Crippen molar-refractivity contribution in [3.05, 3.63) is 47.1 Å². The van der Waals surface area contributed by atoms with Crippen LogP contribution in [0, 0.1) is 0 Å². The molecule has 0 aliphatic rings. The van der Waals surface area contributed by atoms with Gasteiger partial charge in [-0.2, -0.15) is 13.2 Å². The van der Waals surface area contributed by atoms with E-state index < -0.39 is 28.2 Å². The summed E-state index contributed by atoms with van der Waals surface area (Å²) in [5.74, 6) is -1.13. The molecule has 1 aromatic heterocycles. The highest BCUT2D eigenvalue weighted by Gasteiger charge is 2.32. The van der Waals surface area contributed by atoms with Gasteiger partial charge in [0.15, 0.2) is 0 Å². The Morgan fingerprint density at radius 3 is 2.56 bits per heavy atom. The molecule has 0 radical (unpaired) electrons. The molecule has 2 rings (SSSR count). The maximum Gasteiger partial charge on any atom is 0.447 e. The molecule has 0 aliphatic carbocycles. The molecule has 10 heteroatoms. The van der Waals surface area contributed by atoms with Crippen LogP contribution in [0.1, 0.15) is 17.3 Å². The van der Waals surface area contributed by atoms with E-state index in [1.54, 1.807) is 0 Å². The number of nitrogens with one attached hydrogen (secondary N) is 2. The van der Waals surface area contributed by atoms with Crippen LogP contribution in [0.25, 0.3) is 0 Å². The molecule has 0 spiro atoms. The fraction of sp³-hybridized carbons (Fsp3) is 0.133. The summed E-state index contributed by atoms with van der Waals surface area (Å²) in [6.07, 6.45) is 1.17. The molecule has 0 unspecified atom stereocenters. The van der Waals surface area contributed by atoms with Crippen LogP contribution in [0.3, 0.4) is 0 Å². The molecule has 2 amide bonds. The van der Waals surface area contributed by atoms with Gasteiger partial charge in [0.25, 0.3) is 5.91 Å². The van der Waals surface area contributed by atoms with E-state index >= 15 is 0 Å². The Kier molecular flexibility index (Phi) is 5.91. The van der Waals surface area contributed by atoms with Gasteiger partial charge < -0.3 is 10.6 Å². The van der Waals surface area contributed by atoms with Crippen molar-refractivity contribution in [1.29, 1.82) is 0 Å². The fourth-order valence-electron chi connectivity index (χ4n) is 1.84. The maximum atomic E-state index is 12.6. The first kappa shape index (κ1) is 19.1. The van der Waals surface area contributed by atoms with Gasteiger partial charge >= 0.3 is 5.51 Å². The number of aromatic nitrogens is 1. The molecule has 2 N–H and O–H groups in total. The van der Waals surface area contributed by atoms with Crippen molar-refractivity contribution >= 4 is 46.6 Å². The van der Waals surface area contributed by atoms with Crippen LogP contribution in [0.2, 0.25) is 5.02 Å². The minimum absolute atomic E-state index is 0.221. The van der Waals surface area contributed by atoms with Crippen LogP contribution in [-0.2, 0) is 4.79 Å². The number of carbonyl (C=O) groups is 2. The quantitative estimate of drug-likeness (QED) is 0.752. The molecule has 2 aromatic rings. The van der Waals surface area contributed by atoms with Crippen molar-refractivity contribution in [3.63, 3.8) is 0 Å². The lowest BCUT2D eigenvalue weighted by Gasteiger charge is -2.12. The van der Waals surface area contributed by atoms with E-state index in [0.29, 0.717) is 0 Å². The Bertz CT molecular complexity index is 815. The summed E-state index contributed by atoms with van der Waals surface area (Å²) in [4.78, 5) is 27.0. The third-order valence-corrected chi connectivity index (χ3v) is 3.84. The normalized spacial score (nSPS) is 11.1. The van der Waals surface area contributed by atoms with Gasteiger partial charge in [0.05, 0.1) is 16.3 Å². The van der Waals surface area contributed by atoms with Crippen molar-refractivity contribution in [3.8, 4) is 0 Å². The zero-order valence-corrected chi connectivity index (χ0v) is 14.2. The highest BCUT2D eigenvalue weighted by Crippen LogP contribution is 2.37. The molecule has 0 fully saturated rings. The number of amides is 2. The smallest absolute Gasteiger partial charge is 0.325 e. The first-order chi connectivity index (χ1) is 11.7. The highest BCUT2D eigenvalue weighted by molar-refractivity contribution is 8.00. The standard InChI is InChI=1S/C15H11ClF3N3O2S/c1-8(23)21-12-7-9(4-5-11(12)16)22-13(24)10-3-2-6-20-14(10)25-15(17,18)19/h2-7H,1H3,(H,21,23)(H,22,24). The number of benzene rings is 1. The predicted octanol–water partition coefficient (Wildman–Crippen LogP) is 4.56. The second kappa shape index (κ2) is 7.75. The van der Waals surface area contributed by atoms with Crippen LogP contribution in [0.5, 0.6) is 0 Å². The first-order valence-corrected chi connectivity index (χ1v) is 7.94. The number of thioether (sulfide) groups is 1. The monoisotopic (exact) mass is 389 g/mol. The first-order valence-electron chi connectivity index (χ1n) is 6.75. The summed E-state index contributed by atoms with van der Waals surface area (Å²) in [6.45, 7) is 1.29. The van der Waals surface area contributed by atoms with E-state index in [9.17, 15) is 22.8 Å². The van der Waals surface area contributed by atoms with Gasteiger partial charge in [0, 0.05) is 30.6 Å². The zero-order valence-electron chi connectivity index (χ0n) is 12.6. The molecule has 0 aliphatic heterocycles. The van der Waals surface area contributed by atoms with Crippen molar-refractivity contribution in [2.45, 2.75) is 17.5 Å². The summed E-state index contributed by atoms with van der Waals surface area (Å²) < 4.78 is 37.7. The maximum absolute atomic E-state index is 12.6. The Hall–Kier alpha value is -2.26. The van der Waals surface area contributed by atoms with Crippen LogP contribution in [0.15, 0.2) is 41.6 Å². The molecule has 0 saturated carbocycles. The second-order valence-electron chi connectivity index (χ2n) is 4.73. The SMILES string of the molecule is CC(=O)Nc1cc(NC(=O)c2cccnc2SC(F)(F)F)ccc1Cl. The van der Waals surface area contributed by atoms with E-state index in [2.05, 4.69) is 15.6 Å². The largest absolute Gasteiger partial charge is 0.447 e. The fourth-order valence-corrected chi connectivity index (χ4v) is 2.61. The van der Waals surface area contributed by atoms with Crippen molar-refractivity contribution in [2.75, 3.05) is 10.6 Å².